The van der Waals surface area contributed by atoms with Crippen molar-refractivity contribution >= 4 is 5.91 Å². The molecule has 1 aliphatic heterocycles. The van der Waals surface area contributed by atoms with E-state index < -0.39 is 6.04 Å². The summed E-state index contributed by atoms with van der Waals surface area (Å²) in [6.07, 6.45) is 3.61. The largest absolute Gasteiger partial charge is 0.351 e. The minimum absolute atomic E-state index is 0.0734. The Hall–Kier alpha value is -2.21. The highest BCUT2D eigenvalue weighted by Crippen LogP contribution is 2.18. The average molecular weight is 381 g/mol. The van der Waals surface area contributed by atoms with Gasteiger partial charge in [-0.05, 0) is 43.4 Å². The predicted molar refractivity (Wildman–Crippen MR) is 114 cm³/mol. The molecule has 3 rings (SSSR count). The van der Waals surface area contributed by atoms with E-state index in [2.05, 4.69) is 34.5 Å². The van der Waals surface area contributed by atoms with Crippen molar-refractivity contribution in [3.63, 3.8) is 0 Å². The van der Waals surface area contributed by atoms with Gasteiger partial charge in [-0.15, -0.1) is 0 Å². The van der Waals surface area contributed by atoms with Gasteiger partial charge in [0.1, 0.15) is 0 Å². The first-order valence-corrected chi connectivity index (χ1v) is 10.2. The van der Waals surface area contributed by atoms with Crippen molar-refractivity contribution in [2.45, 2.75) is 43.8 Å². The van der Waals surface area contributed by atoms with Gasteiger partial charge in [0.25, 0.3) is 0 Å². The van der Waals surface area contributed by atoms with Crippen LogP contribution in [0.4, 0.5) is 0 Å². The molecule has 0 unspecified atom stereocenters. The van der Waals surface area contributed by atoms with Crippen LogP contribution in [0, 0.1) is 0 Å². The summed E-state index contributed by atoms with van der Waals surface area (Å²) in [6.45, 7) is 2.47. The molecule has 1 fully saturated rings. The smallest absolute Gasteiger partial charge is 0.237 e. The second kappa shape index (κ2) is 10.4. The zero-order valence-electron chi connectivity index (χ0n) is 16.5. The second-order valence-corrected chi connectivity index (χ2v) is 7.71. The number of benzene rings is 2. The van der Waals surface area contributed by atoms with Crippen LogP contribution in [0.15, 0.2) is 60.7 Å². The lowest BCUT2D eigenvalue weighted by Crippen LogP contribution is -2.47. The van der Waals surface area contributed by atoms with Crippen LogP contribution in [0.1, 0.15) is 24.0 Å². The molecule has 3 atom stereocenters. The Bertz CT molecular complexity index is 722. The molecule has 1 amide bonds. The van der Waals surface area contributed by atoms with Gasteiger partial charge >= 0.3 is 0 Å². The van der Waals surface area contributed by atoms with Crippen molar-refractivity contribution in [2.24, 2.45) is 11.5 Å². The van der Waals surface area contributed by atoms with Gasteiger partial charge in [-0.25, -0.2) is 0 Å². The summed E-state index contributed by atoms with van der Waals surface area (Å²) < 4.78 is 0. The molecule has 0 saturated carbocycles. The summed E-state index contributed by atoms with van der Waals surface area (Å²) in [5.41, 5.74) is 14.6. The Labute approximate surface area is 168 Å². The third-order valence-electron chi connectivity index (χ3n) is 5.54. The second-order valence-electron chi connectivity index (χ2n) is 7.71. The minimum Gasteiger partial charge on any atom is -0.351 e. The summed E-state index contributed by atoms with van der Waals surface area (Å²) >= 11 is 0. The van der Waals surface area contributed by atoms with Gasteiger partial charge in [-0.3, -0.25) is 9.69 Å². The molecular weight excluding hydrogens is 348 g/mol. The number of aryl methyl sites for hydroxylation is 1. The molecule has 1 heterocycles. The number of amides is 1. The maximum Gasteiger partial charge on any atom is 0.237 e. The molecule has 2 aromatic carbocycles. The highest BCUT2D eigenvalue weighted by atomic mass is 16.2. The number of nitrogens with one attached hydrogen (secondary N) is 1. The van der Waals surface area contributed by atoms with Gasteiger partial charge in [-0.2, -0.15) is 0 Å². The predicted octanol–water partition coefficient (Wildman–Crippen LogP) is 1.71. The number of carbonyl (C=O) groups is 1. The summed E-state index contributed by atoms with van der Waals surface area (Å²) in [4.78, 5) is 14.9. The van der Waals surface area contributed by atoms with Crippen LogP contribution in [0.2, 0.25) is 0 Å². The Morgan fingerprint density at radius 2 is 1.71 bits per heavy atom. The number of rotatable bonds is 9. The van der Waals surface area contributed by atoms with Gasteiger partial charge in [-0.1, -0.05) is 60.7 Å². The molecular formula is C23H32N4O. The Kier molecular flexibility index (Phi) is 7.60. The molecule has 2 aromatic rings. The number of nitrogens with zero attached hydrogens (tertiary/aromatic N) is 1. The molecule has 0 aromatic heterocycles. The van der Waals surface area contributed by atoms with E-state index >= 15 is 0 Å². The lowest BCUT2D eigenvalue weighted by molar-refractivity contribution is -0.123. The summed E-state index contributed by atoms with van der Waals surface area (Å²) in [7, 11) is 0. The van der Waals surface area contributed by atoms with E-state index in [0.29, 0.717) is 19.0 Å². The van der Waals surface area contributed by atoms with E-state index in [4.69, 9.17) is 11.5 Å². The van der Waals surface area contributed by atoms with Crippen LogP contribution in [0.25, 0.3) is 0 Å². The molecule has 1 saturated heterocycles. The van der Waals surface area contributed by atoms with Crippen molar-refractivity contribution in [3.05, 3.63) is 71.8 Å². The van der Waals surface area contributed by atoms with Crippen molar-refractivity contribution in [1.82, 2.24) is 10.2 Å². The van der Waals surface area contributed by atoms with Crippen LogP contribution >= 0.6 is 0 Å². The van der Waals surface area contributed by atoms with E-state index in [1.165, 1.54) is 5.56 Å². The molecule has 5 N–H and O–H groups in total. The van der Waals surface area contributed by atoms with Gasteiger partial charge in [0, 0.05) is 25.2 Å². The fourth-order valence-electron chi connectivity index (χ4n) is 4.01. The Morgan fingerprint density at radius 3 is 2.36 bits per heavy atom. The average Bonchev–Trinajstić information content (AvgIpc) is 3.11. The normalized spacial score (nSPS) is 20.8. The number of nitrogens with two attached hydrogens (primary N) is 2. The van der Waals surface area contributed by atoms with Crippen molar-refractivity contribution < 1.29 is 4.79 Å². The van der Waals surface area contributed by atoms with Crippen molar-refractivity contribution in [3.8, 4) is 0 Å². The quantitative estimate of drug-likeness (QED) is 0.618. The first kappa shape index (κ1) is 20.5. The van der Waals surface area contributed by atoms with Crippen LogP contribution in [0.3, 0.4) is 0 Å². The van der Waals surface area contributed by atoms with Gasteiger partial charge < -0.3 is 16.8 Å². The van der Waals surface area contributed by atoms with Gasteiger partial charge in [0.2, 0.25) is 5.91 Å². The first-order valence-electron chi connectivity index (χ1n) is 10.2. The zero-order chi connectivity index (χ0) is 19.8. The third-order valence-corrected chi connectivity index (χ3v) is 5.54. The van der Waals surface area contributed by atoms with E-state index in [0.717, 1.165) is 37.9 Å². The number of hydrogen-bond donors (Lipinski definition) is 3. The zero-order valence-corrected chi connectivity index (χ0v) is 16.5. The molecule has 150 valence electrons. The van der Waals surface area contributed by atoms with Crippen molar-refractivity contribution in [2.75, 3.05) is 19.6 Å². The van der Waals surface area contributed by atoms with Gasteiger partial charge in [0.15, 0.2) is 0 Å². The highest BCUT2D eigenvalue weighted by Gasteiger charge is 2.32. The lowest BCUT2D eigenvalue weighted by Gasteiger charge is -2.22. The molecule has 0 bridgehead atoms. The topological polar surface area (TPSA) is 84.4 Å². The van der Waals surface area contributed by atoms with E-state index in [-0.39, 0.29) is 11.9 Å². The number of carbonyl (C=O) groups excluding carboxylic acids is 1. The third kappa shape index (κ3) is 5.89. The minimum atomic E-state index is -0.522. The standard InChI is InChI=1S/C23H32N4O/c24-16-21-15-20(17-27(21)13-7-12-18-8-3-1-4-9-18)26-23(28)22(25)14-19-10-5-2-6-11-19/h1-6,8-11,20-22H,7,12-17,24-25H2,(H,26,28)/t20-,21-,22-/m0/s1. The van der Waals surface area contributed by atoms with Crippen LogP contribution in [0.5, 0.6) is 0 Å². The molecule has 5 heteroatoms. The molecule has 1 aliphatic rings. The molecule has 5 nitrogen and oxygen atoms in total. The lowest BCUT2D eigenvalue weighted by atomic mass is 10.1. The monoisotopic (exact) mass is 380 g/mol. The highest BCUT2D eigenvalue weighted by molar-refractivity contribution is 5.82. The fourth-order valence-corrected chi connectivity index (χ4v) is 4.01. The number of likely N-dealkylation sites (tertiary alicyclic amines) is 1. The van der Waals surface area contributed by atoms with E-state index in [9.17, 15) is 4.79 Å². The van der Waals surface area contributed by atoms with Crippen LogP contribution in [-0.4, -0.2) is 48.6 Å². The summed E-state index contributed by atoms with van der Waals surface area (Å²) in [6, 6.07) is 20.4. The van der Waals surface area contributed by atoms with Crippen molar-refractivity contribution in [1.29, 1.82) is 0 Å². The van der Waals surface area contributed by atoms with E-state index in [1.54, 1.807) is 0 Å². The fraction of sp³-hybridized carbons (Fsp3) is 0.435. The molecule has 28 heavy (non-hydrogen) atoms. The first-order chi connectivity index (χ1) is 13.7. The van der Waals surface area contributed by atoms with E-state index in [1.807, 2.05) is 36.4 Å². The summed E-state index contributed by atoms with van der Waals surface area (Å²) in [5, 5.41) is 3.14. The molecule has 0 radical (unpaired) electrons. The van der Waals surface area contributed by atoms with Crippen LogP contribution < -0.4 is 16.8 Å². The number of hydrogen-bond acceptors (Lipinski definition) is 4. The SMILES string of the molecule is NC[C@@H]1C[C@H](NC(=O)[C@@H](N)Cc2ccccc2)CN1CCCc1ccccc1. The summed E-state index contributed by atoms with van der Waals surface area (Å²) in [5.74, 6) is -0.0734. The maximum atomic E-state index is 12.5. The molecule has 0 aliphatic carbocycles. The van der Waals surface area contributed by atoms with Gasteiger partial charge in [0.05, 0.1) is 6.04 Å². The molecule has 0 spiro atoms. The Balaban J connectivity index is 1.45. The Morgan fingerprint density at radius 1 is 1.07 bits per heavy atom. The maximum absolute atomic E-state index is 12.5. The van der Waals surface area contributed by atoms with Crippen LogP contribution in [-0.2, 0) is 17.6 Å².